The van der Waals surface area contributed by atoms with E-state index >= 15 is 0 Å². The van der Waals surface area contributed by atoms with E-state index in [9.17, 15) is 22.4 Å². The first-order chi connectivity index (χ1) is 15.4. The maximum Gasteiger partial charge on any atom is 0.306 e. The highest BCUT2D eigenvalue weighted by Gasteiger charge is 2.23. The third kappa shape index (κ3) is 10.6. The van der Waals surface area contributed by atoms with E-state index in [2.05, 4.69) is 19.1 Å². The van der Waals surface area contributed by atoms with Crippen molar-refractivity contribution in [2.24, 2.45) is 0 Å². The van der Waals surface area contributed by atoms with E-state index in [1.54, 1.807) is 0 Å². The molecule has 0 amide bonds. The predicted molar refractivity (Wildman–Crippen MR) is 120 cm³/mol. The lowest BCUT2D eigenvalue weighted by Gasteiger charge is -2.10. The number of hydrogen-bond donors (Lipinski definition) is 0. The van der Waals surface area contributed by atoms with Gasteiger partial charge in [0.05, 0.1) is 5.56 Å². The smallest absolute Gasteiger partial charge is 0.306 e. The van der Waals surface area contributed by atoms with Crippen LogP contribution in [-0.2, 0) is 16.1 Å². The standard InChI is InChI=1S/C26H38F4O2/c1-3-4-5-6-7-8-9-10-11-12-13-14-15-16-17-18-22(31)32-19-21-25(29)23(27)20(2)24(28)26(21)30/h10-11H,3-9,12-19H2,1-2H3/b11-10-. The van der Waals surface area contributed by atoms with E-state index in [0.717, 1.165) is 45.4 Å². The Bertz CT molecular complexity index is 687. The van der Waals surface area contributed by atoms with Crippen LogP contribution in [0.3, 0.4) is 0 Å². The van der Waals surface area contributed by atoms with Crippen LogP contribution in [0.1, 0.15) is 108 Å². The summed E-state index contributed by atoms with van der Waals surface area (Å²) in [7, 11) is 0. The van der Waals surface area contributed by atoms with Gasteiger partial charge in [-0.25, -0.2) is 17.6 Å². The summed E-state index contributed by atoms with van der Waals surface area (Å²) in [6, 6.07) is 0. The van der Waals surface area contributed by atoms with Crippen LogP contribution in [-0.4, -0.2) is 5.97 Å². The zero-order chi connectivity index (χ0) is 23.8. The van der Waals surface area contributed by atoms with E-state index in [4.69, 9.17) is 4.74 Å². The van der Waals surface area contributed by atoms with Crippen LogP contribution in [0.25, 0.3) is 0 Å². The zero-order valence-electron chi connectivity index (χ0n) is 19.6. The van der Waals surface area contributed by atoms with Crippen LogP contribution in [0.4, 0.5) is 17.6 Å². The highest BCUT2D eigenvalue weighted by atomic mass is 19.2. The molecule has 0 fully saturated rings. The molecule has 0 aliphatic rings. The van der Waals surface area contributed by atoms with Gasteiger partial charge in [-0.2, -0.15) is 0 Å². The largest absolute Gasteiger partial charge is 0.461 e. The molecule has 182 valence electrons. The molecule has 0 aliphatic heterocycles. The summed E-state index contributed by atoms with van der Waals surface area (Å²) in [5.74, 6) is -6.60. The molecule has 0 radical (unpaired) electrons. The second kappa shape index (κ2) is 16.7. The zero-order valence-corrected chi connectivity index (χ0v) is 19.6. The summed E-state index contributed by atoms with van der Waals surface area (Å²) in [4.78, 5) is 11.7. The third-order valence-corrected chi connectivity index (χ3v) is 5.59. The summed E-state index contributed by atoms with van der Waals surface area (Å²) >= 11 is 0. The number of halogens is 4. The molecule has 1 aromatic rings. The molecule has 0 unspecified atom stereocenters. The van der Waals surface area contributed by atoms with Crippen molar-refractivity contribution in [3.8, 4) is 0 Å². The maximum absolute atomic E-state index is 13.8. The number of rotatable bonds is 17. The van der Waals surface area contributed by atoms with Crippen molar-refractivity contribution < 1.29 is 27.1 Å². The Kier molecular flexibility index (Phi) is 14.7. The number of carbonyl (C=O) groups excluding carboxylic acids is 1. The lowest BCUT2D eigenvalue weighted by atomic mass is 10.1. The van der Waals surface area contributed by atoms with Gasteiger partial charge in [0.15, 0.2) is 23.3 Å². The molecule has 0 saturated heterocycles. The highest BCUT2D eigenvalue weighted by molar-refractivity contribution is 5.69. The molecule has 0 aliphatic carbocycles. The van der Waals surface area contributed by atoms with Gasteiger partial charge < -0.3 is 4.74 Å². The second-order valence-corrected chi connectivity index (χ2v) is 8.35. The van der Waals surface area contributed by atoms with Gasteiger partial charge in [-0.1, -0.05) is 70.4 Å². The van der Waals surface area contributed by atoms with Crippen LogP contribution >= 0.6 is 0 Å². The first-order valence-corrected chi connectivity index (χ1v) is 12.0. The topological polar surface area (TPSA) is 26.3 Å². The highest BCUT2D eigenvalue weighted by Crippen LogP contribution is 2.24. The molecule has 0 N–H and O–H groups in total. The van der Waals surface area contributed by atoms with Gasteiger partial charge in [0.25, 0.3) is 0 Å². The van der Waals surface area contributed by atoms with Gasteiger partial charge in [-0.3, -0.25) is 4.79 Å². The SMILES string of the molecule is CCCCCCCC/C=C\CCCCCCCC(=O)OCc1c(F)c(F)c(C)c(F)c1F. The normalized spacial score (nSPS) is 11.4. The number of benzene rings is 1. The maximum atomic E-state index is 13.8. The quantitative estimate of drug-likeness (QED) is 0.0768. The summed E-state index contributed by atoms with van der Waals surface area (Å²) in [5.41, 5.74) is -1.63. The Morgan fingerprint density at radius 3 is 1.72 bits per heavy atom. The fourth-order valence-corrected chi connectivity index (χ4v) is 3.48. The lowest BCUT2D eigenvalue weighted by Crippen LogP contribution is -2.11. The monoisotopic (exact) mass is 458 g/mol. The summed E-state index contributed by atoms with van der Waals surface area (Å²) in [6.45, 7) is 2.35. The Balaban J connectivity index is 2.07. The molecule has 0 atom stereocenters. The minimum atomic E-state index is -1.52. The van der Waals surface area contributed by atoms with Gasteiger partial charge >= 0.3 is 5.97 Å². The minimum absolute atomic E-state index is 0.109. The molecule has 0 aromatic heterocycles. The molecule has 6 heteroatoms. The number of allylic oxidation sites excluding steroid dienone is 2. The van der Waals surface area contributed by atoms with E-state index < -0.39 is 47.0 Å². The number of carbonyl (C=O) groups is 1. The first-order valence-electron chi connectivity index (χ1n) is 12.0. The molecule has 0 heterocycles. The van der Waals surface area contributed by atoms with E-state index in [1.807, 2.05) is 0 Å². The van der Waals surface area contributed by atoms with Gasteiger partial charge in [-0.15, -0.1) is 0 Å². The number of esters is 1. The fraction of sp³-hybridized carbons (Fsp3) is 0.654. The molecule has 0 bridgehead atoms. The lowest BCUT2D eigenvalue weighted by molar-refractivity contribution is -0.145. The number of unbranched alkanes of at least 4 members (excludes halogenated alkanes) is 11. The Labute approximate surface area is 190 Å². The molecular weight excluding hydrogens is 420 g/mol. The second-order valence-electron chi connectivity index (χ2n) is 8.35. The van der Waals surface area contributed by atoms with Crippen molar-refractivity contribution in [2.45, 2.75) is 110 Å². The Morgan fingerprint density at radius 1 is 0.719 bits per heavy atom. The van der Waals surface area contributed by atoms with Crippen molar-refractivity contribution >= 4 is 5.97 Å². The van der Waals surface area contributed by atoms with Crippen LogP contribution in [0.2, 0.25) is 0 Å². The van der Waals surface area contributed by atoms with Crippen molar-refractivity contribution in [2.75, 3.05) is 0 Å². The molecule has 32 heavy (non-hydrogen) atoms. The molecule has 0 saturated carbocycles. The van der Waals surface area contributed by atoms with Crippen LogP contribution in [0.15, 0.2) is 12.2 Å². The van der Waals surface area contributed by atoms with Crippen molar-refractivity contribution in [3.05, 3.63) is 46.5 Å². The van der Waals surface area contributed by atoms with Gasteiger partial charge in [0, 0.05) is 12.0 Å². The first kappa shape index (κ1) is 28.2. The molecular formula is C26H38F4O2. The van der Waals surface area contributed by atoms with Crippen molar-refractivity contribution in [1.82, 2.24) is 0 Å². The van der Waals surface area contributed by atoms with Gasteiger partial charge in [0.1, 0.15) is 6.61 Å². The fourth-order valence-electron chi connectivity index (χ4n) is 3.48. The third-order valence-electron chi connectivity index (χ3n) is 5.59. The number of hydrogen-bond acceptors (Lipinski definition) is 2. The van der Waals surface area contributed by atoms with Crippen molar-refractivity contribution in [3.63, 3.8) is 0 Å². The number of ether oxygens (including phenoxy) is 1. The summed E-state index contributed by atoms with van der Waals surface area (Å²) < 4.78 is 59.4. The Morgan fingerprint density at radius 2 is 1.19 bits per heavy atom. The average Bonchev–Trinajstić information content (AvgIpc) is 2.79. The van der Waals surface area contributed by atoms with Crippen molar-refractivity contribution in [1.29, 1.82) is 0 Å². The molecule has 0 spiro atoms. The van der Waals surface area contributed by atoms with Gasteiger partial charge in [-0.05, 0) is 39.0 Å². The van der Waals surface area contributed by atoms with E-state index in [-0.39, 0.29) is 6.42 Å². The van der Waals surface area contributed by atoms with E-state index in [0.29, 0.717) is 6.42 Å². The summed E-state index contributed by atoms with van der Waals surface area (Å²) in [5, 5.41) is 0. The molecule has 1 rings (SSSR count). The van der Waals surface area contributed by atoms with Gasteiger partial charge in [0.2, 0.25) is 0 Å². The minimum Gasteiger partial charge on any atom is -0.461 e. The van der Waals surface area contributed by atoms with Crippen LogP contribution in [0.5, 0.6) is 0 Å². The average molecular weight is 459 g/mol. The molecule has 2 nitrogen and oxygen atoms in total. The van der Waals surface area contributed by atoms with Crippen LogP contribution < -0.4 is 0 Å². The van der Waals surface area contributed by atoms with Crippen LogP contribution in [0, 0.1) is 30.2 Å². The molecule has 1 aromatic carbocycles. The van der Waals surface area contributed by atoms with E-state index in [1.165, 1.54) is 38.5 Å². The summed E-state index contributed by atoms with van der Waals surface area (Å²) in [6.07, 6.45) is 19.4. The Hall–Kier alpha value is -1.85. The predicted octanol–water partition coefficient (Wildman–Crippen LogP) is 8.63.